The number of hydrogen-bond donors (Lipinski definition) is 1. The first kappa shape index (κ1) is 14.8. The van der Waals surface area contributed by atoms with E-state index < -0.39 is 0 Å². The third kappa shape index (κ3) is 3.93. The molecule has 0 aromatic heterocycles. The van der Waals surface area contributed by atoms with Crippen LogP contribution in [0.4, 0.5) is 0 Å². The number of nitrogens with zero attached hydrogens (tertiary/aromatic N) is 2. The minimum Gasteiger partial charge on any atom is -0.392 e. The lowest BCUT2D eigenvalue weighted by atomic mass is 9.93. The van der Waals surface area contributed by atoms with Crippen LogP contribution in [0.2, 0.25) is 0 Å². The van der Waals surface area contributed by atoms with E-state index in [0.717, 1.165) is 25.8 Å². The van der Waals surface area contributed by atoms with Crippen LogP contribution in [0.1, 0.15) is 52.4 Å². The molecule has 2 fully saturated rings. The minimum atomic E-state index is -0.241. The fourth-order valence-corrected chi connectivity index (χ4v) is 3.50. The fraction of sp³-hybridized carbons (Fsp3) is 0.933. The van der Waals surface area contributed by atoms with Gasteiger partial charge >= 0.3 is 0 Å². The van der Waals surface area contributed by atoms with E-state index in [0.29, 0.717) is 19.1 Å². The number of rotatable bonds is 4. The maximum atomic E-state index is 12.5. The molecular formula is C15H28N2O2. The van der Waals surface area contributed by atoms with Gasteiger partial charge in [0.15, 0.2) is 0 Å². The summed E-state index contributed by atoms with van der Waals surface area (Å²) in [6.07, 6.45) is 6.70. The molecule has 4 heteroatoms. The maximum Gasteiger partial charge on any atom is 0.237 e. The monoisotopic (exact) mass is 268 g/mol. The van der Waals surface area contributed by atoms with Gasteiger partial charge in [-0.15, -0.1) is 0 Å². The summed E-state index contributed by atoms with van der Waals surface area (Å²) < 4.78 is 0. The van der Waals surface area contributed by atoms with Crippen molar-refractivity contribution in [3.63, 3.8) is 0 Å². The molecule has 4 nitrogen and oxygen atoms in total. The Balaban J connectivity index is 1.92. The lowest BCUT2D eigenvalue weighted by Crippen LogP contribution is -2.49. The van der Waals surface area contributed by atoms with Gasteiger partial charge in [-0.1, -0.05) is 19.3 Å². The average molecular weight is 268 g/mol. The van der Waals surface area contributed by atoms with Crippen molar-refractivity contribution < 1.29 is 9.90 Å². The van der Waals surface area contributed by atoms with E-state index in [1.165, 1.54) is 19.3 Å². The zero-order valence-corrected chi connectivity index (χ0v) is 12.3. The van der Waals surface area contributed by atoms with Gasteiger partial charge in [0.05, 0.1) is 12.6 Å². The van der Waals surface area contributed by atoms with Crippen LogP contribution in [0, 0.1) is 0 Å². The lowest BCUT2D eigenvalue weighted by molar-refractivity contribution is -0.137. The summed E-state index contributed by atoms with van der Waals surface area (Å²) in [5.41, 5.74) is 0. The predicted octanol–water partition coefficient (Wildman–Crippen LogP) is 1.62. The van der Waals surface area contributed by atoms with Gasteiger partial charge in [-0.3, -0.25) is 9.69 Å². The van der Waals surface area contributed by atoms with Crippen LogP contribution >= 0.6 is 0 Å². The molecule has 0 bridgehead atoms. The molecule has 19 heavy (non-hydrogen) atoms. The quantitative estimate of drug-likeness (QED) is 0.842. The Morgan fingerprint density at radius 1 is 1.26 bits per heavy atom. The van der Waals surface area contributed by atoms with Crippen LogP contribution in [0.25, 0.3) is 0 Å². The average Bonchev–Trinajstić information content (AvgIpc) is 2.75. The van der Waals surface area contributed by atoms with E-state index in [2.05, 4.69) is 23.6 Å². The van der Waals surface area contributed by atoms with Gasteiger partial charge in [0, 0.05) is 25.2 Å². The number of β-amino-alcohol motifs (C(OH)–C–C–N with tert-alkyl or cyclic N) is 1. The number of carbonyl (C=O) groups excluding carboxylic acids is 1. The highest BCUT2D eigenvalue weighted by Crippen LogP contribution is 2.24. The topological polar surface area (TPSA) is 43.8 Å². The van der Waals surface area contributed by atoms with Crippen molar-refractivity contribution in [3.8, 4) is 0 Å². The van der Waals surface area contributed by atoms with Gasteiger partial charge in [0.25, 0.3) is 0 Å². The summed E-state index contributed by atoms with van der Waals surface area (Å²) in [7, 11) is 0. The lowest BCUT2D eigenvalue weighted by Gasteiger charge is -2.38. The van der Waals surface area contributed by atoms with Crippen molar-refractivity contribution in [3.05, 3.63) is 0 Å². The Morgan fingerprint density at radius 3 is 2.47 bits per heavy atom. The first-order valence-electron chi connectivity index (χ1n) is 7.79. The van der Waals surface area contributed by atoms with Crippen molar-refractivity contribution in [1.29, 1.82) is 0 Å². The van der Waals surface area contributed by atoms with Crippen LogP contribution in [0.5, 0.6) is 0 Å². The fourth-order valence-electron chi connectivity index (χ4n) is 3.50. The van der Waals surface area contributed by atoms with Gasteiger partial charge in [-0.2, -0.15) is 0 Å². The summed E-state index contributed by atoms with van der Waals surface area (Å²) in [6.45, 7) is 6.22. The molecule has 0 spiro atoms. The van der Waals surface area contributed by atoms with Crippen LogP contribution in [0.15, 0.2) is 0 Å². The largest absolute Gasteiger partial charge is 0.392 e. The molecular weight excluding hydrogens is 240 g/mol. The Kier molecular flexibility index (Phi) is 5.22. The molecule has 1 heterocycles. The summed E-state index contributed by atoms with van der Waals surface area (Å²) in [5.74, 6) is 0.246. The van der Waals surface area contributed by atoms with Crippen molar-refractivity contribution >= 4 is 5.91 Å². The third-order valence-corrected chi connectivity index (χ3v) is 4.42. The third-order valence-electron chi connectivity index (χ3n) is 4.42. The molecule has 1 saturated carbocycles. The summed E-state index contributed by atoms with van der Waals surface area (Å²) in [4.78, 5) is 16.7. The number of hydrogen-bond acceptors (Lipinski definition) is 3. The second-order valence-corrected chi connectivity index (χ2v) is 6.36. The van der Waals surface area contributed by atoms with E-state index in [-0.39, 0.29) is 18.1 Å². The summed E-state index contributed by atoms with van der Waals surface area (Å²) in [6, 6.07) is 0.719. The number of carbonyl (C=O) groups is 1. The van der Waals surface area contributed by atoms with Gasteiger partial charge in [0.2, 0.25) is 5.91 Å². The van der Waals surface area contributed by atoms with Crippen molar-refractivity contribution in [2.75, 3.05) is 19.6 Å². The molecule has 110 valence electrons. The Morgan fingerprint density at radius 2 is 1.95 bits per heavy atom. The van der Waals surface area contributed by atoms with Crippen LogP contribution in [-0.4, -0.2) is 58.6 Å². The van der Waals surface area contributed by atoms with E-state index >= 15 is 0 Å². The van der Waals surface area contributed by atoms with Crippen LogP contribution in [0.3, 0.4) is 0 Å². The first-order valence-corrected chi connectivity index (χ1v) is 7.79. The van der Waals surface area contributed by atoms with Crippen molar-refractivity contribution in [2.24, 2.45) is 0 Å². The van der Waals surface area contributed by atoms with Gasteiger partial charge in [-0.25, -0.2) is 0 Å². The SMILES string of the molecule is CC(C)N(C(=O)CN1CC[C@@H](O)C1)C1CCCCC1. The summed E-state index contributed by atoms with van der Waals surface area (Å²) in [5, 5.41) is 9.54. The first-order chi connectivity index (χ1) is 9.08. The van der Waals surface area contributed by atoms with E-state index in [4.69, 9.17) is 0 Å². The van der Waals surface area contributed by atoms with Crippen LogP contribution < -0.4 is 0 Å². The summed E-state index contributed by atoms with van der Waals surface area (Å²) >= 11 is 0. The molecule has 0 unspecified atom stereocenters. The molecule has 2 aliphatic rings. The highest BCUT2D eigenvalue weighted by Gasteiger charge is 2.30. The standard InChI is InChI=1S/C15H28N2O2/c1-12(2)17(13-6-4-3-5-7-13)15(19)11-16-9-8-14(18)10-16/h12-14,18H,3-11H2,1-2H3/t14-/m1/s1. The number of amides is 1. The molecule has 2 rings (SSSR count). The van der Waals surface area contributed by atoms with E-state index in [1.807, 2.05) is 0 Å². The maximum absolute atomic E-state index is 12.5. The number of aliphatic hydroxyl groups is 1. The number of aliphatic hydroxyl groups excluding tert-OH is 1. The molecule has 1 N–H and O–H groups in total. The van der Waals surface area contributed by atoms with Crippen molar-refractivity contribution in [1.82, 2.24) is 9.80 Å². The molecule has 1 aliphatic heterocycles. The highest BCUT2D eigenvalue weighted by atomic mass is 16.3. The molecule has 1 saturated heterocycles. The predicted molar refractivity (Wildman–Crippen MR) is 75.9 cm³/mol. The minimum absolute atomic E-state index is 0.241. The van der Waals surface area contributed by atoms with E-state index in [9.17, 15) is 9.90 Å². The van der Waals surface area contributed by atoms with Gasteiger partial charge < -0.3 is 10.0 Å². The smallest absolute Gasteiger partial charge is 0.237 e. The second kappa shape index (κ2) is 6.71. The molecule has 1 aliphatic carbocycles. The van der Waals surface area contributed by atoms with Crippen molar-refractivity contribution in [2.45, 2.75) is 70.6 Å². The van der Waals surface area contributed by atoms with Crippen LogP contribution in [-0.2, 0) is 4.79 Å². The van der Waals surface area contributed by atoms with Gasteiger partial charge in [-0.05, 0) is 33.1 Å². The van der Waals surface area contributed by atoms with Gasteiger partial charge in [0.1, 0.15) is 0 Å². The molecule has 0 radical (unpaired) electrons. The second-order valence-electron chi connectivity index (χ2n) is 6.36. The zero-order chi connectivity index (χ0) is 13.8. The zero-order valence-electron chi connectivity index (χ0n) is 12.3. The Hall–Kier alpha value is -0.610. The Labute approximate surface area is 116 Å². The highest BCUT2D eigenvalue weighted by molar-refractivity contribution is 5.79. The number of likely N-dealkylation sites (tertiary alicyclic amines) is 1. The molecule has 0 aromatic rings. The molecule has 1 amide bonds. The van der Waals surface area contributed by atoms with E-state index in [1.54, 1.807) is 0 Å². The molecule has 0 aromatic carbocycles. The Bertz CT molecular complexity index is 301. The normalized spacial score (nSPS) is 26.0. The molecule has 1 atom stereocenters.